The van der Waals surface area contributed by atoms with Gasteiger partial charge in [0.2, 0.25) is 0 Å². The number of terminal acetylenes is 1. The third-order valence-corrected chi connectivity index (χ3v) is 0.829. The number of hydrogen-bond acceptors (Lipinski definition) is 1. The first-order valence-corrected chi connectivity index (χ1v) is 2.45. The van der Waals surface area contributed by atoms with Crippen LogP contribution in [-0.4, -0.2) is 7.11 Å². The van der Waals surface area contributed by atoms with Gasteiger partial charge < -0.3 is 4.74 Å². The smallest absolute Gasteiger partial charge is 0.0894 e. The molecule has 0 atom stereocenters. The molecule has 1 nitrogen and oxygen atoms in total. The van der Waals surface area contributed by atoms with Gasteiger partial charge >= 0.3 is 0 Å². The molecule has 1 heteroatoms. The van der Waals surface area contributed by atoms with E-state index in [0.29, 0.717) is 6.42 Å². The minimum absolute atomic E-state index is 0.652. The van der Waals surface area contributed by atoms with Crippen LogP contribution in [0.5, 0.6) is 0 Å². The van der Waals surface area contributed by atoms with Gasteiger partial charge in [-0.05, 0) is 13.0 Å². The van der Waals surface area contributed by atoms with Gasteiger partial charge in [-0.15, -0.1) is 12.3 Å². The van der Waals surface area contributed by atoms with Gasteiger partial charge in [-0.3, -0.25) is 0 Å². The molecule has 0 radical (unpaired) electrons. The zero-order valence-corrected chi connectivity index (χ0v) is 5.27. The Morgan fingerprint density at radius 3 is 2.88 bits per heavy atom. The van der Waals surface area contributed by atoms with Crippen LogP contribution in [0.3, 0.4) is 0 Å². The molecule has 0 aliphatic carbocycles. The van der Waals surface area contributed by atoms with Crippen LogP contribution < -0.4 is 0 Å². The van der Waals surface area contributed by atoms with Crippen LogP contribution >= 0.6 is 0 Å². The fraction of sp³-hybridized carbons (Fsp3) is 0.429. The zero-order chi connectivity index (χ0) is 6.41. The summed E-state index contributed by atoms with van der Waals surface area (Å²) in [4.78, 5) is 0. The molecule has 0 fully saturated rings. The molecule has 44 valence electrons. The summed E-state index contributed by atoms with van der Waals surface area (Å²) in [6, 6.07) is 0. The van der Waals surface area contributed by atoms with Crippen molar-refractivity contribution in [1.29, 1.82) is 0 Å². The van der Waals surface area contributed by atoms with E-state index in [9.17, 15) is 0 Å². The van der Waals surface area contributed by atoms with E-state index < -0.39 is 0 Å². The molecule has 0 rings (SSSR count). The normalized spacial score (nSPS) is 10.4. The molecule has 0 aromatic rings. The zero-order valence-electron chi connectivity index (χ0n) is 5.27. The van der Waals surface area contributed by atoms with E-state index in [4.69, 9.17) is 11.2 Å². The van der Waals surface area contributed by atoms with Gasteiger partial charge in [0.25, 0.3) is 0 Å². The molecule has 0 aromatic carbocycles. The molecule has 0 amide bonds. The maximum atomic E-state index is 4.98. The Bertz CT molecular complexity index is 117. The van der Waals surface area contributed by atoms with Crippen molar-refractivity contribution in [3.05, 3.63) is 11.8 Å². The van der Waals surface area contributed by atoms with Crippen molar-refractivity contribution >= 4 is 0 Å². The number of hydrogen-bond donors (Lipinski definition) is 0. The summed E-state index contributed by atoms with van der Waals surface area (Å²) in [5, 5.41) is 0. The van der Waals surface area contributed by atoms with Crippen molar-refractivity contribution in [2.45, 2.75) is 13.3 Å². The third kappa shape index (κ3) is 3.30. The fourth-order valence-corrected chi connectivity index (χ4v) is 0.286. The Kier molecular flexibility index (Phi) is 3.78. The van der Waals surface area contributed by atoms with Crippen molar-refractivity contribution in [1.82, 2.24) is 0 Å². The Morgan fingerprint density at radius 1 is 1.88 bits per heavy atom. The lowest BCUT2D eigenvalue weighted by Gasteiger charge is -1.93. The summed E-state index contributed by atoms with van der Waals surface area (Å²) < 4.78 is 4.82. The van der Waals surface area contributed by atoms with Gasteiger partial charge in [0.1, 0.15) is 0 Å². The predicted octanol–water partition coefficient (Wildman–Crippen LogP) is 1.56. The van der Waals surface area contributed by atoms with Crippen LogP contribution in [-0.2, 0) is 4.74 Å². The summed E-state index contributed by atoms with van der Waals surface area (Å²) in [5.74, 6) is 3.35. The topological polar surface area (TPSA) is 9.23 Å². The average Bonchev–Trinajstić information content (AvgIpc) is 1.83. The monoisotopic (exact) mass is 110 g/mol. The minimum Gasteiger partial charge on any atom is -0.502 e. The molecule has 0 aliphatic heterocycles. The van der Waals surface area contributed by atoms with E-state index >= 15 is 0 Å². The third-order valence-electron chi connectivity index (χ3n) is 0.829. The number of allylic oxidation sites excluding steroid dienone is 2. The first kappa shape index (κ1) is 7.10. The van der Waals surface area contributed by atoms with Crippen molar-refractivity contribution in [3.8, 4) is 12.3 Å². The maximum Gasteiger partial charge on any atom is 0.0894 e. The lowest BCUT2D eigenvalue weighted by Crippen LogP contribution is -1.76. The summed E-state index contributed by atoms with van der Waals surface area (Å²) in [7, 11) is 1.63. The van der Waals surface area contributed by atoms with Gasteiger partial charge in [0.15, 0.2) is 0 Å². The average molecular weight is 110 g/mol. The van der Waals surface area contributed by atoms with Crippen LogP contribution in [0.25, 0.3) is 0 Å². The Morgan fingerprint density at radius 2 is 2.50 bits per heavy atom. The van der Waals surface area contributed by atoms with E-state index in [1.807, 2.05) is 13.0 Å². The molecule has 0 spiro atoms. The predicted molar refractivity (Wildman–Crippen MR) is 34.2 cm³/mol. The van der Waals surface area contributed by atoms with Crippen LogP contribution in [0, 0.1) is 12.3 Å². The summed E-state index contributed by atoms with van der Waals surface area (Å²) in [6.07, 6.45) is 7.49. The van der Waals surface area contributed by atoms with Gasteiger partial charge in [0, 0.05) is 6.42 Å². The Hall–Kier alpha value is -0.900. The second kappa shape index (κ2) is 4.26. The van der Waals surface area contributed by atoms with Gasteiger partial charge in [-0.1, -0.05) is 0 Å². The van der Waals surface area contributed by atoms with Gasteiger partial charge in [-0.2, -0.15) is 0 Å². The molecular formula is C7H10O. The summed E-state index contributed by atoms with van der Waals surface area (Å²) in [6.45, 7) is 1.87. The highest BCUT2D eigenvalue weighted by Gasteiger charge is 1.78. The summed E-state index contributed by atoms with van der Waals surface area (Å²) in [5.41, 5.74) is 0. The van der Waals surface area contributed by atoms with E-state index in [2.05, 4.69) is 5.92 Å². The first-order chi connectivity index (χ1) is 3.81. The molecule has 0 aromatic heterocycles. The second-order valence-electron chi connectivity index (χ2n) is 1.43. The molecule has 0 N–H and O–H groups in total. The highest BCUT2D eigenvalue weighted by atomic mass is 16.5. The Balaban J connectivity index is 3.45. The number of ether oxygens (including phenoxy) is 1. The molecule has 0 saturated carbocycles. The molecule has 0 unspecified atom stereocenters. The molecule has 0 bridgehead atoms. The van der Waals surface area contributed by atoms with Crippen LogP contribution in [0.4, 0.5) is 0 Å². The largest absolute Gasteiger partial charge is 0.502 e. The van der Waals surface area contributed by atoms with Crippen molar-refractivity contribution in [2.75, 3.05) is 7.11 Å². The minimum atomic E-state index is 0.652. The molecule has 8 heavy (non-hydrogen) atoms. The lowest BCUT2D eigenvalue weighted by molar-refractivity contribution is 0.292. The standard InChI is InChI=1S/C7H10O/c1-4-5-6-7(2)8-3/h1,6H,5H2,2-3H3/b7-6+. The SMILES string of the molecule is C#CC/C=C(\C)OC. The van der Waals surface area contributed by atoms with Gasteiger partial charge in [-0.25, -0.2) is 0 Å². The first-order valence-electron chi connectivity index (χ1n) is 2.45. The summed E-state index contributed by atoms with van der Waals surface area (Å²) >= 11 is 0. The van der Waals surface area contributed by atoms with E-state index in [1.54, 1.807) is 7.11 Å². The van der Waals surface area contributed by atoms with E-state index in [1.165, 1.54) is 0 Å². The number of methoxy groups -OCH3 is 1. The molecule has 0 aliphatic rings. The maximum absolute atomic E-state index is 4.98. The van der Waals surface area contributed by atoms with Crippen molar-refractivity contribution in [2.24, 2.45) is 0 Å². The van der Waals surface area contributed by atoms with Crippen molar-refractivity contribution < 1.29 is 4.74 Å². The van der Waals surface area contributed by atoms with E-state index in [-0.39, 0.29) is 0 Å². The quantitative estimate of drug-likeness (QED) is 0.387. The molecule has 0 heterocycles. The second-order valence-corrected chi connectivity index (χ2v) is 1.43. The highest BCUT2D eigenvalue weighted by molar-refractivity contribution is 4.99. The van der Waals surface area contributed by atoms with Crippen LogP contribution in [0.2, 0.25) is 0 Å². The van der Waals surface area contributed by atoms with Crippen LogP contribution in [0.15, 0.2) is 11.8 Å². The van der Waals surface area contributed by atoms with Crippen molar-refractivity contribution in [3.63, 3.8) is 0 Å². The van der Waals surface area contributed by atoms with Gasteiger partial charge in [0.05, 0.1) is 12.9 Å². The van der Waals surface area contributed by atoms with Crippen LogP contribution in [0.1, 0.15) is 13.3 Å². The number of rotatable bonds is 2. The Labute approximate surface area is 50.4 Å². The fourth-order valence-electron chi connectivity index (χ4n) is 0.286. The highest BCUT2D eigenvalue weighted by Crippen LogP contribution is 1.92. The molecule has 0 saturated heterocycles. The molecular weight excluding hydrogens is 100 g/mol. The van der Waals surface area contributed by atoms with E-state index in [0.717, 1.165) is 5.76 Å². The lowest BCUT2D eigenvalue weighted by atomic mass is 10.4.